The van der Waals surface area contributed by atoms with Gasteiger partial charge < -0.3 is 9.67 Å². The zero-order valence-electron chi connectivity index (χ0n) is 9.93. The van der Waals surface area contributed by atoms with Crippen LogP contribution in [0.5, 0.6) is 0 Å². The summed E-state index contributed by atoms with van der Waals surface area (Å²) in [6, 6.07) is 0.377. The molecular formula is C11H18N2O2S. The number of carbonyl (C=O) groups is 1. The van der Waals surface area contributed by atoms with E-state index in [-0.39, 0.29) is 5.75 Å². The normalized spacial score (nSPS) is 12.7. The molecular weight excluding hydrogens is 224 g/mol. The topological polar surface area (TPSA) is 55.1 Å². The quantitative estimate of drug-likeness (QED) is 0.779. The number of hydrogen-bond acceptors (Lipinski definition) is 3. The van der Waals surface area contributed by atoms with Gasteiger partial charge in [-0.1, -0.05) is 25.1 Å². The summed E-state index contributed by atoms with van der Waals surface area (Å²) in [4.78, 5) is 14.9. The lowest BCUT2D eigenvalue weighted by Gasteiger charge is -2.14. The van der Waals surface area contributed by atoms with Crippen molar-refractivity contribution in [1.82, 2.24) is 9.55 Å². The van der Waals surface area contributed by atoms with E-state index < -0.39 is 5.97 Å². The Hall–Kier alpha value is -0.970. The number of aliphatic carboxylic acids is 1. The Kier molecular flexibility index (Phi) is 4.86. The smallest absolute Gasteiger partial charge is 0.313 e. The fraction of sp³-hybridized carbons (Fsp3) is 0.636. The first-order chi connectivity index (χ1) is 7.54. The molecule has 1 aromatic rings. The lowest BCUT2D eigenvalue weighted by Crippen LogP contribution is -2.07. The monoisotopic (exact) mass is 242 g/mol. The molecule has 1 atom stereocenters. The van der Waals surface area contributed by atoms with E-state index in [0.717, 1.165) is 23.7 Å². The second kappa shape index (κ2) is 5.94. The predicted octanol–water partition coefficient (Wildman–Crippen LogP) is 2.73. The average molecular weight is 242 g/mol. The number of hydrogen-bond donors (Lipinski definition) is 1. The second-order valence-corrected chi connectivity index (χ2v) is 4.83. The van der Waals surface area contributed by atoms with E-state index in [4.69, 9.17) is 5.11 Å². The van der Waals surface area contributed by atoms with Crippen molar-refractivity contribution < 1.29 is 9.90 Å². The number of carboxylic acids is 1. The summed E-state index contributed by atoms with van der Waals surface area (Å²) in [6.07, 6.45) is 4.18. The molecule has 0 spiro atoms. The van der Waals surface area contributed by atoms with Crippen LogP contribution in [0.4, 0.5) is 0 Å². The summed E-state index contributed by atoms with van der Waals surface area (Å²) < 4.78 is 2.08. The molecule has 1 heterocycles. The summed E-state index contributed by atoms with van der Waals surface area (Å²) in [5, 5.41) is 9.46. The maximum absolute atomic E-state index is 10.5. The Balaban J connectivity index is 2.78. The lowest BCUT2D eigenvalue weighted by molar-refractivity contribution is -0.133. The molecule has 0 aliphatic rings. The molecule has 0 aromatic carbocycles. The summed E-state index contributed by atoms with van der Waals surface area (Å²) >= 11 is 1.28. The van der Waals surface area contributed by atoms with Crippen molar-refractivity contribution in [2.24, 2.45) is 0 Å². The Morgan fingerprint density at radius 3 is 2.94 bits per heavy atom. The molecule has 5 heteroatoms. The van der Waals surface area contributed by atoms with Crippen LogP contribution in [0, 0.1) is 6.92 Å². The van der Waals surface area contributed by atoms with Gasteiger partial charge in [0, 0.05) is 12.2 Å². The molecule has 0 amide bonds. The van der Waals surface area contributed by atoms with Crippen LogP contribution in [0.1, 0.15) is 38.4 Å². The molecule has 0 bridgehead atoms. The Bertz CT molecular complexity index is 363. The SMILES string of the molecule is CCCC(C)n1cc(C)nc1SCC(=O)O. The minimum atomic E-state index is -0.805. The number of imidazole rings is 1. The lowest BCUT2D eigenvalue weighted by atomic mass is 10.2. The zero-order valence-corrected chi connectivity index (χ0v) is 10.8. The van der Waals surface area contributed by atoms with E-state index in [1.165, 1.54) is 11.8 Å². The molecule has 0 aliphatic carbocycles. The number of aromatic nitrogens is 2. The van der Waals surface area contributed by atoms with Crippen LogP contribution >= 0.6 is 11.8 Å². The highest BCUT2D eigenvalue weighted by molar-refractivity contribution is 7.99. The van der Waals surface area contributed by atoms with Crippen molar-refractivity contribution in [3.05, 3.63) is 11.9 Å². The molecule has 1 aromatic heterocycles. The molecule has 0 saturated carbocycles. The van der Waals surface area contributed by atoms with E-state index in [2.05, 4.69) is 23.4 Å². The van der Waals surface area contributed by atoms with Gasteiger partial charge in [-0.05, 0) is 20.3 Å². The van der Waals surface area contributed by atoms with Crippen molar-refractivity contribution in [1.29, 1.82) is 0 Å². The molecule has 1 unspecified atom stereocenters. The van der Waals surface area contributed by atoms with E-state index in [0.29, 0.717) is 6.04 Å². The van der Waals surface area contributed by atoms with E-state index in [1.54, 1.807) is 0 Å². The molecule has 0 aliphatic heterocycles. The number of nitrogens with zero attached hydrogens (tertiary/aromatic N) is 2. The number of aryl methyl sites for hydroxylation is 1. The van der Waals surface area contributed by atoms with Crippen LogP contribution in [0.15, 0.2) is 11.4 Å². The fourth-order valence-corrected chi connectivity index (χ4v) is 2.44. The predicted molar refractivity (Wildman–Crippen MR) is 64.9 cm³/mol. The first kappa shape index (κ1) is 13.1. The van der Waals surface area contributed by atoms with Crippen LogP contribution in [0.3, 0.4) is 0 Å². The Morgan fingerprint density at radius 1 is 1.69 bits per heavy atom. The van der Waals surface area contributed by atoms with E-state index in [9.17, 15) is 4.79 Å². The van der Waals surface area contributed by atoms with Gasteiger partial charge in [-0.15, -0.1) is 0 Å². The highest BCUT2D eigenvalue weighted by Gasteiger charge is 2.12. The third-order valence-corrected chi connectivity index (χ3v) is 3.28. The molecule has 0 radical (unpaired) electrons. The molecule has 16 heavy (non-hydrogen) atoms. The van der Waals surface area contributed by atoms with Crippen molar-refractivity contribution >= 4 is 17.7 Å². The number of rotatable bonds is 6. The van der Waals surface area contributed by atoms with Gasteiger partial charge in [0.25, 0.3) is 0 Å². The van der Waals surface area contributed by atoms with Crippen LogP contribution in [-0.2, 0) is 4.79 Å². The van der Waals surface area contributed by atoms with Gasteiger partial charge in [-0.2, -0.15) is 0 Å². The molecule has 0 fully saturated rings. The van der Waals surface area contributed by atoms with Crippen molar-refractivity contribution in [2.75, 3.05) is 5.75 Å². The molecule has 0 saturated heterocycles. The minimum absolute atomic E-state index is 0.0648. The Labute approximate surface area is 100 Å². The summed E-state index contributed by atoms with van der Waals surface area (Å²) in [5.41, 5.74) is 0.941. The molecule has 1 N–H and O–H groups in total. The first-order valence-electron chi connectivity index (χ1n) is 5.44. The van der Waals surface area contributed by atoms with E-state index in [1.807, 2.05) is 13.1 Å². The highest BCUT2D eigenvalue weighted by Crippen LogP contribution is 2.23. The Morgan fingerprint density at radius 2 is 2.38 bits per heavy atom. The minimum Gasteiger partial charge on any atom is -0.481 e. The number of thioether (sulfide) groups is 1. The largest absolute Gasteiger partial charge is 0.481 e. The summed E-state index contributed by atoms with van der Waals surface area (Å²) in [7, 11) is 0. The van der Waals surface area contributed by atoms with Crippen LogP contribution in [0.2, 0.25) is 0 Å². The van der Waals surface area contributed by atoms with Gasteiger partial charge in [-0.25, -0.2) is 4.98 Å². The number of carboxylic acid groups (broad SMARTS) is 1. The van der Waals surface area contributed by atoms with Crippen LogP contribution in [-0.4, -0.2) is 26.4 Å². The standard InChI is InChI=1S/C11H18N2O2S/c1-4-5-9(3)13-6-8(2)12-11(13)16-7-10(14)15/h6,9H,4-5,7H2,1-3H3,(H,14,15). The van der Waals surface area contributed by atoms with E-state index >= 15 is 0 Å². The van der Waals surface area contributed by atoms with Crippen LogP contribution in [0.25, 0.3) is 0 Å². The molecule has 90 valence electrons. The third kappa shape index (κ3) is 3.56. The zero-order chi connectivity index (χ0) is 12.1. The van der Waals surface area contributed by atoms with Gasteiger partial charge in [0.2, 0.25) is 0 Å². The maximum Gasteiger partial charge on any atom is 0.313 e. The van der Waals surface area contributed by atoms with Gasteiger partial charge in [0.1, 0.15) is 0 Å². The van der Waals surface area contributed by atoms with Crippen molar-refractivity contribution in [3.63, 3.8) is 0 Å². The van der Waals surface area contributed by atoms with Gasteiger partial charge in [-0.3, -0.25) is 4.79 Å². The van der Waals surface area contributed by atoms with Gasteiger partial charge in [0.15, 0.2) is 5.16 Å². The van der Waals surface area contributed by atoms with Crippen molar-refractivity contribution in [3.8, 4) is 0 Å². The average Bonchev–Trinajstić information content (AvgIpc) is 2.57. The maximum atomic E-state index is 10.5. The van der Waals surface area contributed by atoms with Crippen LogP contribution < -0.4 is 0 Å². The highest BCUT2D eigenvalue weighted by atomic mass is 32.2. The molecule has 4 nitrogen and oxygen atoms in total. The van der Waals surface area contributed by atoms with Crippen molar-refractivity contribution in [2.45, 2.75) is 44.8 Å². The first-order valence-corrected chi connectivity index (χ1v) is 6.43. The molecule has 1 rings (SSSR count). The fourth-order valence-electron chi connectivity index (χ4n) is 1.60. The van der Waals surface area contributed by atoms with Gasteiger partial charge >= 0.3 is 5.97 Å². The summed E-state index contributed by atoms with van der Waals surface area (Å²) in [5.74, 6) is -0.740. The third-order valence-electron chi connectivity index (χ3n) is 2.32. The summed E-state index contributed by atoms with van der Waals surface area (Å²) in [6.45, 7) is 6.21. The van der Waals surface area contributed by atoms with Gasteiger partial charge in [0.05, 0.1) is 11.4 Å². The second-order valence-electron chi connectivity index (χ2n) is 3.89.